The molecule has 1 heterocycles. The van der Waals surface area contributed by atoms with Crippen LogP contribution in [0, 0.1) is 0 Å². The first kappa shape index (κ1) is 19.3. The lowest BCUT2D eigenvalue weighted by Crippen LogP contribution is -2.28. The molecule has 1 amide bonds. The molecule has 0 aliphatic carbocycles. The smallest absolute Gasteiger partial charge is 0.306 e. The first-order valence-corrected chi connectivity index (χ1v) is 9.81. The third-order valence-corrected chi connectivity index (χ3v) is 5.18. The highest BCUT2D eigenvalue weighted by Gasteiger charge is 2.09. The van der Waals surface area contributed by atoms with Crippen LogP contribution in [-0.2, 0) is 27.3 Å². The second kappa shape index (κ2) is 9.48. The van der Waals surface area contributed by atoms with Crippen molar-refractivity contribution in [1.82, 2.24) is 10.3 Å². The van der Waals surface area contributed by atoms with E-state index in [1.54, 1.807) is 23.5 Å². The van der Waals surface area contributed by atoms with Crippen LogP contribution >= 0.6 is 22.9 Å². The molecule has 0 aliphatic heterocycles. The Bertz CT molecular complexity index is 909. The maximum Gasteiger partial charge on any atom is 0.306 e. The minimum atomic E-state index is -0.381. The van der Waals surface area contributed by atoms with E-state index in [9.17, 15) is 9.59 Å². The second-order valence-electron chi connectivity index (χ2n) is 6.00. The molecule has 0 bridgehead atoms. The topological polar surface area (TPSA) is 68.3 Å². The Kier molecular flexibility index (Phi) is 6.79. The summed E-state index contributed by atoms with van der Waals surface area (Å²) < 4.78 is 6.16. The molecular formula is C20H19ClN2O3S. The number of para-hydroxylation sites is 1. The van der Waals surface area contributed by atoms with Crippen molar-refractivity contribution in [2.45, 2.75) is 25.8 Å². The molecule has 7 heteroatoms. The van der Waals surface area contributed by atoms with Gasteiger partial charge in [0.1, 0.15) is 0 Å². The number of thiazole rings is 1. The van der Waals surface area contributed by atoms with Crippen LogP contribution in [0.5, 0.6) is 0 Å². The normalized spacial score (nSPS) is 10.7. The fraction of sp³-hybridized carbons (Fsp3) is 0.250. The summed E-state index contributed by atoms with van der Waals surface area (Å²) in [6, 6.07) is 15.2. The number of esters is 1. The predicted octanol–water partition coefficient (Wildman–Crippen LogP) is 4.13. The van der Waals surface area contributed by atoms with Gasteiger partial charge in [0.15, 0.2) is 6.61 Å². The number of hydrogen-bond acceptors (Lipinski definition) is 5. The van der Waals surface area contributed by atoms with E-state index in [1.807, 2.05) is 36.4 Å². The Labute approximate surface area is 166 Å². The number of benzene rings is 2. The Morgan fingerprint density at radius 3 is 2.81 bits per heavy atom. The van der Waals surface area contributed by atoms with Gasteiger partial charge in [-0.2, -0.15) is 0 Å². The van der Waals surface area contributed by atoms with E-state index >= 15 is 0 Å². The quantitative estimate of drug-likeness (QED) is 0.575. The molecule has 1 N–H and O–H groups in total. The predicted molar refractivity (Wildman–Crippen MR) is 107 cm³/mol. The van der Waals surface area contributed by atoms with Gasteiger partial charge in [-0.15, -0.1) is 11.3 Å². The van der Waals surface area contributed by atoms with Crippen LogP contribution < -0.4 is 5.32 Å². The molecule has 0 radical (unpaired) electrons. The van der Waals surface area contributed by atoms with E-state index in [2.05, 4.69) is 10.3 Å². The van der Waals surface area contributed by atoms with Gasteiger partial charge in [0.2, 0.25) is 0 Å². The van der Waals surface area contributed by atoms with E-state index in [1.165, 1.54) is 0 Å². The van der Waals surface area contributed by atoms with E-state index in [4.69, 9.17) is 16.3 Å². The summed E-state index contributed by atoms with van der Waals surface area (Å²) in [6.45, 7) is 0.0646. The Balaban J connectivity index is 1.33. The van der Waals surface area contributed by atoms with Gasteiger partial charge in [0, 0.05) is 18.0 Å². The van der Waals surface area contributed by atoms with Crippen LogP contribution in [0.1, 0.15) is 23.4 Å². The summed E-state index contributed by atoms with van der Waals surface area (Å²) in [4.78, 5) is 28.1. The number of nitrogens with one attached hydrogen (secondary N) is 1. The molecule has 0 atom stereocenters. The van der Waals surface area contributed by atoms with Crippen LogP contribution in [-0.4, -0.2) is 23.5 Å². The minimum Gasteiger partial charge on any atom is -0.456 e. The molecule has 2 aromatic carbocycles. The molecule has 1 aromatic heterocycles. The summed E-state index contributed by atoms with van der Waals surface area (Å²) in [7, 11) is 0. The Morgan fingerprint density at radius 2 is 2.00 bits per heavy atom. The third-order valence-electron chi connectivity index (χ3n) is 3.85. The molecule has 0 saturated carbocycles. The number of ether oxygens (including phenoxy) is 1. The van der Waals surface area contributed by atoms with E-state index in [0.717, 1.165) is 27.2 Å². The van der Waals surface area contributed by atoms with E-state index in [0.29, 0.717) is 18.0 Å². The molecule has 27 heavy (non-hydrogen) atoms. The number of aryl methyl sites for hydroxylation is 1. The molecule has 0 saturated heterocycles. The van der Waals surface area contributed by atoms with Crippen LogP contribution in [0.4, 0.5) is 0 Å². The van der Waals surface area contributed by atoms with Crippen LogP contribution in [0.3, 0.4) is 0 Å². The Hall–Kier alpha value is -2.44. The summed E-state index contributed by atoms with van der Waals surface area (Å²) in [5.41, 5.74) is 1.87. The number of halogens is 1. The number of rotatable bonds is 8. The molecule has 0 fully saturated rings. The van der Waals surface area contributed by atoms with Gasteiger partial charge in [-0.1, -0.05) is 35.9 Å². The largest absolute Gasteiger partial charge is 0.456 e. The zero-order valence-electron chi connectivity index (χ0n) is 14.6. The molecule has 5 nitrogen and oxygen atoms in total. The minimum absolute atomic E-state index is 0.261. The summed E-state index contributed by atoms with van der Waals surface area (Å²) in [5, 5.41) is 4.31. The lowest BCUT2D eigenvalue weighted by molar-refractivity contribution is -0.148. The fourth-order valence-corrected chi connectivity index (χ4v) is 3.75. The van der Waals surface area contributed by atoms with Crippen molar-refractivity contribution in [3.8, 4) is 0 Å². The van der Waals surface area contributed by atoms with Crippen molar-refractivity contribution in [3.05, 3.63) is 64.1 Å². The molecular weight excluding hydrogens is 384 g/mol. The SMILES string of the molecule is O=C(COC(=O)CCCc1nc2ccccc2s1)NCc1cccc(Cl)c1. The lowest BCUT2D eigenvalue weighted by atomic mass is 10.2. The molecule has 3 aromatic rings. The fourth-order valence-electron chi connectivity index (χ4n) is 2.53. The molecule has 0 aliphatic rings. The third kappa shape index (κ3) is 6.05. The van der Waals surface area contributed by atoms with Crippen molar-refractivity contribution in [2.75, 3.05) is 6.61 Å². The van der Waals surface area contributed by atoms with Crippen molar-refractivity contribution >= 4 is 45.0 Å². The van der Waals surface area contributed by atoms with Crippen molar-refractivity contribution in [3.63, 3.8) is 0 Å². The molecule has 3 rings (SSSR count). The standard InChI is InChI=1S/C20H19ClN2O3S/c21-15-6-3-5-14(11-15)12-22-18(24)13-26-20(25)10-4-9-19-23-16-7-1-2-8-17(16)27-19/h1-3,5-8,11H,4,9-10,12-13H2,(H,22,24). The first-order chi connectivity index (χ1) is 13.1. The molecule has 0 unspecified atom stereocenters. The number of carbonyl (C=O) groups excluding carboxylic acids is 2. The summed E-state index contributed by atoms with van der Waals surface area (Å²) in [5.74, 6) is -0.719. The molecule has 140 valence electrons. The number of fused-ring (bicyclic) bond motifs is 1. The van der Waals surface area contributed by atoms with Gasteiger partial charge in [-0.05, 0) is 42.7 Å². The van der Waals surface area contributed by atoms with Gasteiger partial charge >= 0.3 is 5.97 Å². The zero-order valence-corrected chi connectivity index (χ0v) is 16.2. The highest BCUT2D eigenvalue weighted by Crippen LogP contribution is 2.22. The maximum absolute atomic E-state index is 11.8. The monoisotopic (exact) mass is 402 g/mol. The van der Waals surface area contributed by atoms with Crippen LogP contribution in [0.2, 0.25) is 5.02 Å². The van der Waals surface area contributed by atoms with Crippen LogP contribution in [0.25, 0.3) is 10.2 Å². The Morgan fingerprint density at radius 1 is 1.15 bits per heavy atom. The highest BCUT2D eigenvalue weighted by molar-refractivity contribution is 7.18. The van der Waals surface area contributed by atoms with E-state index < -0.39 is 0 Å². The second-order valence-corrected chi connectivity index (χ2v) is 7.55. The maximum atomic E-state index is 11.8. The molecule has 0 spiro atoms. The summed E-state index contributed by atoms with van der Waals surface area (Å²) >= 11 is 7.53. The van der Waals surface area contributed by atoms with Crippen molar-refractivity contribution in [2.24, 2.45) is 0 Å². The lowest BCUT2D eigenvalue weighted by Gasteiger charge is -2.07. The number of aromatic nitrogens is 1. The number of carbonyl (C=O) groups is 2. The van der Waals surface area contributed by atoms with Gasteiger partial charge in [0.25, 0.3) is 5.91 Å². The number of hydrogen-bond donors (Lipinski definition) is 1. The van der Waals surface area contributed by atoms with Crippen molar-refractivity contribution < 1.29 is 14.3 Å². The average molecular weight is 403 g/mol. The van der Waals surface area contributed by atoms with Gasteiger partial charge in [0.05, 0.1) is 15.2 Å². The van der Waals surface area contributed by atoms with Gasteiger partial charge in [-0.25, -0.2) is 4.98 Å². The number of amides is 1. The first-order valence-electron chi connectivity index (χ1n) is 8.61. The van der Waals surface area contributed by atoms with Crippen molar-refractivity contribution in [1.29, 1.82) is 0 Å². The summed E-state index contributed by atoms with van der Waals surface area (Å²) in [6.07, 6.45) is 1.62. The number of nitrogens with zero attached hydrogens (tertiary/aromatic N) is 1. The van der Waals surface area contributed by atoms with Crippen LogP contribution in [0.15, 0.2) is 48.5 Å². The zero-order chi connectivity index (χ0) is 19.1. The van der Waals surface area contributed by atoms with Gasteiger partial charge < -0.3 is 10.1 Å². The van der Waals surface area contributed by atoms with E-state index in [-0.39, 0.29) is 24.9 Å². The average Bonchev–Trinajstić information content (AvgIpc) is 3.07. The highest BCUT2D eigenvalue weighted by atomic mass is 35.5. The van der Waals surface area contributed by atoms with Gasteiger partial charge in [-0.3, -0.25) is 9.59 Å².